The van der Waals surface area contributed by atoms with Crippen LogP contribution < -0.4 is 15.5 Å². The van der Waals surface area contributed by atoms with Crippen molar-refractivity contribution in [3.63, 3.8) is 0 Å². The normalized spacial score (nSPS) is 13.2. The maximum Gasteiger partial charge on any atom is 0.289 e. The second-order valence-electron chi connectivity index (χ2n) is 5.68. The molecule has 4 N–H and O–H groups in total. The minimum Gasteiger partial charge on any atom is -0.504 e. The summed E-state index contributed by atoms with van der Waals surface area (Å²) in [7, 11) is 0. The number of aromatic nitrogens is 1. The molecule has 0 unspecified atom stereocenters. The first-order chi connectivity index (χ1) is 11.2. The highest BCUT2D eigenvalue weighted by atomic mass is 16.5. The van der Waals surface area contributed by atoms with Gasteiger partial charge in [-0.05, 0) is 43.9 Å². The van der Waals surface area contributed by atoms with Gasteiger partial charge in [-0.15, -0.1) is 0 Å². The van der Waals surface area contributed by atoms with Gasteiger partial charge in [0.05, 0.1) is 6.61 Å². The number of nitrogens with one attached hydrogen (secondary N) is 1. The molecule has 1 aromatic heterocycles. The Balaban J connectivity index is 2.25. The molecule has 0 bridgehead atoms. The van der Waals surface area contributed by atoms with Gasteiger partial charge in [-0.3, -0.25) is 5.73 Å². The predicted molar refractivity (Wildman–Crippen MR) is 87.0 cm³/mol. The van der Waals surface area contributed by atoms with Crippen LogP contribution in [0.1, 0.15) is 36.6 Å². The Kier molecular flexibility index (Phi) is 4.07. The molecule has 0 radical (unpaired) electrons. The zero-order chi connectivity index (χ0) is 16.4. The first kappa shape index (κ1) is 15.2. The number of nitriles is 1. The maximum atomic E-state index is 9.91. The maximum absolute atomic E-state index is 9.91. The lowest BCUT2D eigenvalue weighted by Gasteiger charge is -2.19. The Morgan fingerprint density at radius 2 is 2.13 bits per heavy atom. The zero-order valence-electron chi connectivity index (χ0n) is 13.1. The Bertz CT molecular complexity index is 794. The molecular weight excluding hydrogens is 290 g/mol. The summed E-state index contributed by atoms with van der Waals surface area (Å²) in [5, 5.41) is 19.5. The number of fused-ring (bicyclic) bond motifs is 1. The monoisotopic (exact) mass is 310 g/mol. The minimum atomic E-state index is 0.0958. The average molecular weight is 310 g/mol. The summed E-state index contributed by atoms with van der Waals surface area (Å²) in [6.07, 6.45) is 4.07. The van der Waals surface area contributed by atoms with Crippen molar-refractivity contribution in [2.75, 3.05) is 12.3 Å². The fraction of sp³-hybridized carbons (Fsp3) is 0.333. The van der Waals surface area contributed by atoms with Crippen LogP contribution in [0.15, 0.2) is 18.2 Å². The molecule has 23 heavy (non-hydrogen) atoms. The quantitative estimate of drug-likeness (QED) is 0.911. The van der Waals surface area contributed by atoms with E-state index in [4.69, 9.17) is 10.5 Å². The number of nitrogens with two attached hydrogens (primary N) is 1. The summed E-state index contributed by atoms with van der Waals surface area (Å²) in [6, 6.07) is 7.41. The molecule has 0 aliphatic heterocycles. The number of H-pyrrole nitrogens is 1. The fourth-order valence-electron chi connectivity index (χ4n) is 3.21. The van der Waals surface area contributed by atoms with Crippen molar-refractivity contribution in [2.45, 2.75) is 32.6 Å². The molecule has 118 valence electrons. The van der Waals surface area contributed by atoms with E-state index in [-0.39, 0.29) is 5.75 Å². The van der Waals surface area contributed by atoms with E-state index in [1.807, 2.05) is 13.0 Å². The van der Waals surface area contributed by atoms with Crippen molar-refractivity contribution in [3.8, 4) is 28.7 Å². The summed E-state index contributed by atoms with van der Waals surface area (Å²) in [6.45, 7) is 2.33. The van der Waals surface area contributed by atoms with Gasteiger partial charge in [0.25, 0.3) is 5.82 Å². The minimum absolute atomic E-state index is 0.0958. The number of aromatic hydroxyl groups is 1. The molecule has 0 atom stereocenters. The van der Waals surface area contributed by atoms with Crippen LogP contribution in [-0.2, 0) is 12.8 Å². The van der Waals surface area contributed by atoms with Crippen LogP contribution in [0.25, 0.3) is 11.1 Å². The van der Waals surface area contributed by atoms with Crippen molar-refractivity contribution in [2.24, 2.45) is 0 Å². The molecule has 1 heterocycles. The van der Waals surface area contributed by atoms with E-state index in [1.165, 1.54) is 0 Å². The van der Waals surface area contributed by atoms with Gasteiger partial charge in [0, 0.05) is 17.5 Å². The first-order valence-electron chi connectivity index (χ1n) is 7.88. The molecule has 3 rings (SSSR count). The SMILES string of the molecule is CCOc1cc(-c2c(C#N)c(N)[nH+]c3c2CCCC3)ccc1O. The second-order valence-corrected chi connectivity index (χ2v) is 5.68. The standard InChI is InChI=1S/C18H19N3O2/c1-2-23-16-9-11(7-8-15(16)22)17-12-5-3-4-6-14(12)21-18(20)13(17)10-19/h7-9,22H,2-6H2,1H3,(H2,20,21)/p+1. The molecule has 1 aliphatic rings. The van der Waals surface area contributed by atoms with Gasteiger partial charge < -0.3 is 9.84 Å². The Hall–Kier alpha value is -2.74. The van der Waals surface area contributed by atoms with Gasteiger partial charge in [-0.1, -0.05) is 6.07 Å². The first-order valence-corrected chi connectivity index (χ1v) is 7.88. The topological polar surface area (TPSA) is 93.4 Å². The highest BCUT2D eigenvalue weighted by Crippen LogP contribution is 2.38. The molecule has 5 nitrogen and oxygen atoms in total. The number of aryl methyl sites for hydroxylation is 1. The van der Waals surface area contributed by atoms with E-state index in [2.05, 4.69) is 11.1 Å². The van der Waals surface area contributed by atoms with E-state index < -0.39 is 0 Å². The fourth-order valence-corrected chi connectivity index (χ4v) is 3.21. The van der Waals surface area contributed by atoms with Crippen molar-refractivity contribution in [1.82, 2.24) is 0 Å². The molecule has 5 heteroatoms. The van der Waals surface area contributed by atoms with Crippen molar-refractivity contribution in [3.05, 3.63) is 35.0 Å². The second kappa shape index (κ2) is 6.17. The molecule has 0 saturated carbocycles. The molecule has 2 aromatic rings. The number of phenols is 1. The Morgan fingerprint density at radius 3 is 2.87 bits per heavy atom. The molecule has 0 spiro atoms. The van der Waals surface area contributed by atoms with Crippen molar-refractivity contribution < 1.29 is 14.8 Å². The number of nitrogens with zero attached hydrogens (tertiary/aromatic N) is 1. The number of ether oxygens (including phenoxy) is 1. The number of aromatic amines is 1. The number of hydrogen-bond acceptors (Lipinski definition) is 4. The summed E-state index contributed by atoms with van der Waals surface area (Å²) < 4.78 is 5.47. The molecule has 1 aliphatic carbocycles. The number of rotatable bonds is 3. The Morgan fingerprint density at radius 1 is 1.35 bits per heavy atom. The van der Waals surface area contributed by atoms with E-state index in [0.717, 1.165) is 48.1 Å². The molecular formula is C18H20N3O2+. The van der Waals surface area contributed by atoms with Gasteiger partial charge in [0.2, 0.25) is 0 Å². The van der Waals surface area contributed by atoms with Gasteiger partial charge in [0.15, 0.2) is 11.5 Å². The Labute approximate surface area is 135 Å². The van der Waals surface area contributed by atoms with Crippen LogP contribution in [0.4, 0.5) is 5.82 Å². The van der Waals surface area contributed by atoms with E-state index in [1.54, 1.807) is 12.1 Å². The van der Waals surface area contributed by atoms with Crippen molar-refractivity contribution >= 4 is 5.82 Å². The summed E-state index contributed by atoms with van der Waals surface area (Å²) in [4.78, 5) is 3.18. The van der Waals surface area contributed by atoms with Gasteiger partial charge >= 0.3 is 0 Å². The molecule has 0 saturated heterocycles. The third kappa shape index (κ3) is 2.68. The van der Waals surface area contributed by atoms with Gasteiger partial charge in [-0.25, -0.2) is 4.98 Å². The largest absolute Gasteiger partial charge is 0.504 e. The highest BCUT2D eigenvalue weighted by molar-refractivity contribution is 5.79. The summed E-state index contributed by atoms with van der Waals surface area (Å²) in [5.41, 5.74) is 10.5. The third-order valence-corrected chi connectivity index (χ3v) is 4.23. The van der Waals surface area contributed by atoms with E-state index >= 15 is 0 Å². The summed E-state index contributed by atoms with van der Waals surface area (Å²) in [5.74, 6) is 0.914. The number of phenolic OH excluding ortho intramolecular Hbond substituents is 1. The van der Waals surface area contributed by atoms with E-state index in [0.29, 0.717) is 23.7 Å². The van der Waals surface area contributed by atoms with Crippen LogP contribution in [0.3, 0.4) is 0 Å². The van der Waals surface area contributed by atoms with Crippen molar-refractivity contribution in [1.29, 1.82) is 5.26 Å². The molecule has 0 amide bonds. The molecule has 1 aromatic carbocycles. The number of benzene rings is 1. The molecule has 0 fully saturated rings. The summed E-state index contributed by atoms with van der Waals surface area (Å²) >= 11 is 0. The van der Waals surface area contributed by atoms with Gasteiger partial charge in [0.1, 0.15) is 17.3 Å². The smallest absolute Gasteiger partial charge is 0.289 e. The number of hydrogen-bond donors (Lipinski definition) is 2. The predicted octanol–water partition coefficient (Wildman–Crippen LogP) is 2.60. The van der Waals surface area contributed by atoms with Crippen LogP contribution in [-0.4, -0.2) is 11.7 Å². The third-order valence-electron chi connectivity index (χ3n) is 4.23. The number of pyridine rings is 1. The lowest BCUT2D eigenvalue weighted by molar-refractivity contribution is -0.374. The number of nitrogen functional groups attached to an aromatic ring is 1. The lowest BCUT2D eigenvalue weighted by atomic mass is 9.86. The van der Waals surface area contributed by atoms with Crippen LogP contribution in [0.2, 0.25) is 0 Å². The zero-order valence-corrected chi connectivity index (χ0v) is 13.1. The lowest BCUT2D eigenvalue weighted by Crippen LogP contribution is -2.24. The number of anilines is 1. The van der Waals surface area contributed by atoms with Crippen LogP contribution >= 0.6 is 0 Å². The van der Waals surface area contributed by atoms with Crippen LogP contribution in [0.5, 0.6) is 11.5 Å². The highest BCUT2D eigenvalue weighted by Gasteiger charge is 2.25. The van der Waals surface area contributed by atoms with E-state index in [9.17, 15) is 10.4 Å². The average Bonchev–Trinajstić information content (AvgIpc) is 2.56. The van der Waals surface area contributed by atoms with Gasteiger partial charge in [-0.2, -0.15) is 5.26 Å². The van der Waals surface area contributed by atoms with Crippen LogP contribution in [0, 0.1) is 11.3 Å².